The van der Waals surface area contributed by atoms with Crippen LogP contribution in [-0.2, 0) is 0 Å². The molecule has 2 rings (SSSR count). The van der Waals surface area contributed by atoms with E-state index in [0.29, 0.717) is 10.7 Å². The third kappa shape index (κ3) is 1.58. The van der Waals surface area contributed by atoms with Gasteiger partial charge in [0, 0.05) is 23.1 Å². The van der Waals surface area contributed by atoms with Crippen LogP contribution >= 0.6 is 11.6 Å². The van der Waals surface area contributed by atoms with Gasteiger partial charge in [-0.15, -0.1) is 0 Å². The lowest BCUT2D eigenvalue weighted by molar-refractivity contribution is 1.30. The van der Waals surface area contributed by atoms with Crippen LogP contribution in [0.15, 0.2) is 18.2 Å². The van der Waals surface area contributed by atoms with Crippen molar-refractivity contribution < 1.29 is 0 Å². The molecule has 0 saturated carbocycles. The SMILES string of the molecule is CNc1cc(C#N)nc2c(C)c(Cl)ccc12. The molecule has 1 aromatic carbocycles. The second-order valence-corrected chi connectivity index (χ2v) is 3.89. The molecule has 1 heterocycles. The van der Waals surface area contributed by atoms with Gasteiger partial charge >= 0.3 is 0 Å². The number of benzene rings is 1. The number of hydrogen-bond donors (Lipinski definition) is 1. The fraction of sp³-hybridized carbons (Fsp3) is 0.167. The van der Waals surface area contributed by atoms with Crippen LogP contribution in [0.5, 0.6) is 0 Å². The van der Waals surface area contributed by atoms with Crippen molar-refractivity contribution in [2.45, 2.75) is 6.92 Å². The number of nitrogens with one attached hydrogen (secondary N) is 1. The highest BCUT2D eigenvalue weighted by atomic mass is 35.5. The van der Waals surface area contributed by atoms with Gasteiger partial charge in [0.25, 0.3) is 0 Å². The van der Waals surface area contributed by atoms with Crippen molar-refractivity contribution in [2.24, 2.45) is 0 Å². The molecule has 0 aliphatic rings. The van der Waals surface area contributed by atoms with Crippen LogP contribution in [0.3, 0.4) is 0 Å². The van der Waals surface area contributed by atoms with Crippen molar-refractivity contribution in [1.82, 2.24) is 4.98 Å². The van der Waals surface area contributed by atoms with Gasteiger partial charge in [0.15, 0.2) is 0 Å². The van der Waals surface area contributed by atoms with Gasteiger partial charge in [-0.25, -0.2) is 4.98 Å². The number of aryl methyl sites for hydroxylation is 1. The van der Waals surface area contributed by atoms with E-state index in [0.717, 1.165) is 22.2 Å². The zero-order valence-electron chi connectivity index (χ0n) is 9.00. The van der Waals surface area contributed by atoms with E-state index in [1.165, 1.54) is 0 Å². The van der Waals surface area contributed by atoms with E-state index in [1.807, 2.05) is 32.2 Å². The van der Waals surface area contributed by atoms with Crippen molar-refractivity contribution in [2.75, 3.05) is 12.4 Å². The third-order valence-corrected chi connectivity index (χ3v) is 2.96. The second-order valence-electron chi connectivity index (χ2n) is 3.49. The van der Waals surface area contributed by atoms with Crippen molar-refractivity contribution >= 4 is 28.2 Å². The molecule has 1 aromatic heterocycles. The summed E-state index contributed by atoms with van der Waals surface area (Å²) in [6, 6.07) is 7.53. The fourth-order valence-electron chi connectivity index (χ4n) is 1.67. The quantitative estimate of drug-likeness (QED) is 0.821. The monoisotopic (exact) mass is 231 g/mol. The number of aromatic nitrogens is 1. The summed E-state index contributed by atoms with van der Waals surface area (Å²) in [7, 11) is 1.82. The molecular formula is C12H10ClN3. The summed E-state index contributed by atoms with van der Waals surface area (Å²) in [6.45, 7) is 1.90. The number of hydrogen-bond acceptors (Lipinski definition) is 3. The Morgan fingerprint density at radius 3 is 2.81 bits per heavy atom. The zero-order chi connectivity index (χ0) is 11.7. The van der Waals surface area contributed by atoms with Gasteiger partial charge in [0.2, 0.25) is 0 Å². The van der Waals surface area contributed by atoms with Crippen molar-refractivity contribution in [3.05, 3.63) is 34.5 Å². The summed E-state index contributed by atoms with van der Waals surface area (Å²) in [4.78, 5) is 4.28. The van der Waals surface area contributed by atoms with E-state index in [1.54, 1.807) is 6.07 Å². The minimum absolute atomic E-state index is 0.391. The molecule has 0 fully saturated rings. The molecule has 0 aliphatic carbocycles. The molecular weight excluding hydrogens is 222 g/mol. The molecule has 0 spiro atoms. The molecule has 0 saturated heterocycles. The Kier molecular flexibility index (Phi) is 2.67. The highest BCUT2D eigenvalue weighted by molar-refractivity contribution is 6.32. The molecule has 1 N–H and O–H groups in total. The molecule has 0 unspecified atom stereocenters. The highest BCUT2D eigenvalue weighted by Crippen LogP contribution is 2.29. The maximum Gasteiger partial charge on any atom is 0.143 e. The number of nitriles is 1. The number of halogens is 1. The Hall–Kier alpha value is -1.79. The molecule has 3 nitrogen and oxygen atoms in total. The lowest BCUT2D eigenvalue weighted by Crippen LogP contribution is -1.95. The molecule has 4 heteroatoms. The topological polar surface area (TPSA) is 48.7 Å². The standard InChI is InChI=1S/C12H10ClN3/c1-7-10(13)4-3-9-11(15-2)5-8(6-14)16-12(7)9/h3-5H,1-2H3,(H,15,16). The van der Waals surface area contributed by atoms with Gasteiger partial charge < -0.3 is 5.32 Å². The molecule has 16 heavy (non-hydrogen) atoms. The second kappa shape index (κ2) is 3.99. The van der Waals surface area contributed by atoms with E-state index in [4.69, 9.17) is 16.9 Å². The number of anilines is 1. The maximum atomic E-state index is 8.90. The summed E-state index contributed by atoms with van der Waals surface area (Å²) >= 11 is 6.04. The van der Waals surface area contributed by atoms with Gasteiger partial charge in [0.1, 0.15) is 11.8 Å². The van der Waals surface area contributed by atoms with Crippen LogP contribution in [0.25, 0.3) is 10.9 Å². The van der Waals surface area contributed by atoms with Gasteiger partial charge in [-0.3, -0.25) is 0 Å². The largest absolute Gasteiger partial charge is 0.387 e. The maximum absolute atomic E-state index is 8.90. The minimum Gasteiger partial charge on any atom is -0.387 e. The summed E-state index contributed by atoms with van der Waals surface area (Å²) < 4.78 is 0. The lowest BCUT2D eigenvalue weighted by Gasteiger charge is -2.09. The summed E-state index contributed by atoms with van der Waals surface area (Å²) in [5.41, 5.74) is 2.95. The summed E-state index contributed by atoms with van der Waals surface area (Å²) in [5.74, 6) is 0. The van der Waals surface area contributed by atoms with E-state index in [2.05, 4.69) is 10.3 Å². The Bertz CT molecular complexity index is 599. The Morgan fingerprint density at radius 2 is 2.19 bits per heavy atom. The van der Waals surface area contributed by atoms with Gasteiger partial charge in [-0.05, 0) is 30.7 Å². The van der Waals surface area contributed by atoms with Crippen LogP contribution in [0, 0.1) is 18.3 Å². The first-order chi connectivity index (χ1) is 7.67. The molecule has 2 aromatic rings. The van der Waals surface area contributed by atoms with E-state index < -0.39 is 0 Å². The fourth-order valence-corrected chi connectivity index (χ4v) is 1.82. The lowest BCUT2D eigenvalue weighted by atomic mass is 10.1. The van der Waals surface area contributed by atoms with Crippen molar-refractivity contribution in [1.29, 1.82) is 5.26 Å². The first kappa shape index (κ1) is 10.7. The molecule has 0 atom stereocenters. The van der Waals surface area contributed by atoms with E-state index >= 15 is 0 Å². The first-order valence-corrected chi connectivity index (χ1v) is 5.23. The van der Waals surface area contributed by atoms with Crippen LogP contribution < -0.4 is 5.32 Å². The van der Waals surface area contributed by atoms with E-state index in [9.17, 15) is 0 Å². The number of pyridine rings is 1. The summed E-state index contributed by atoms with van der Waals surface area (Å²) in [6.07, 6.45) is 0. The Labute approximate surface area is 98.7 Å². The number of rotatable bonds is 1. The van der Waals surface area contributed by atoms with Gasteiger partial charge in [0.05, 0.1) is 5.52 Å². The van der Waals surface area contributed by atoms with Crippen LogP contribution in [0.1, 0.15) is 11.3 Å². The van der Waals surface area contributed by atoms with Crippen LogP contribution in [0.2, 0.25) is 5.02 Å². The molecule has 80 valence electrons. The Balaban J connectivity index is 2.91. The predicted molar refractivity (Wildman–Crippen MR) is 65.8 cm³/mol. The average molecular weight is 232 g/mol. The van der Waals surface area contributed by atoms with Crippen LogP contribution in [-0.4, -0.2) is 12.0 Å². The molecule has 0 radical (unpaired) electrons. The molecule has 0 amide bonds. The number of fused-ring (bicyclic) bond motifs is 1. The highest BCUT2D eigenvalue weighted by Gasteiger charge is 2.08. The average Bonchev–Trinajstić information content (AvgIpc) is 2.32. The smallest absolute Gasteiger partial charge is 0.143 e. The van der Waals surface area contributed by atoms with Crippen molar-refractivity contribution in [3.63, 3.8) is 0 Å². The predicted octanol–water partition coefficient (Wildman–Crippen LogP) is 3.11. The van der Waals surface area contributed by atoms with Crippen molar-refractivity contribution in [3.8, 4) is 6.07 Å². The molecule has 0 bridgehead atoms. The Morgan fingerprint density at radius 1 is 1.44 bits per heavy atom. The number of nitrogens with zero attached hydrogens (tertiary/aromatic N) is 2. The minimum atomic E-state index is 0.391. The van der Waals surface area contributed by atoms with Crippen LogP contribution in [0.4, 0.5) is 5.69 Å². The zero-order valence-corrected chi connectivity index (χ0v) is 9.76. The van der Waals surface area contributed by atoms with E-state index in [-0.39, 0.29) is 0 Å². The first-order valence-electron chi connectivity index (χ1n) is 4.85. The van der Waals surface area contributed by atoms with Gasteiger partial charge in [-0.2, -0.15) is 5.26 Å². The molecule has 0 aliphatic heterocycles. The van der Waals surface area contributed by atoms with Gasteiger partial charge in [-0.1, -0.05) is 11.6 Å². The third-order valence-electron chi connectivity index (χ3n) is 2.55. The normalized spacial score (nSPS) is 10.1. The summed E-state index contributed by atoms with van der Waals surface area (Å²) in [5, 5.41) is 13.6.